The van der Waals surface area contributed by atoms with Crippen molar-refractivity contribution in [2.24, 2.45) is 0 Å². The molecule has 4 heteroatoms. The molecule has 0 saturated heterocycles. The lowest BCUT2D eigenvalue weighted by atomic mass is 10.1. The van der Waals surface area contributed by atoms with Gasteiger partial charge in [0.15, 0.2) is 5.16 Å². The summed E-state index contributed by atoms with van der Waals surface area (Å²) < 4.78 is 0. The van der Waals surface area contributed by atoms with E-state index in [1.165, 1.54) is 5.56 Å². The first-order chi connectivity index (χ1) is 8.33. The predicted molar refractivity (Wildman–Crippen MR) is 72.6 cm³/mol. The molecule has 0 saturated carbocycles. The van der Waals surface area contributed by atoms with Crippen molar-refractivity contribution >= 4 is 17.6 Å². The summed E-state index contributed by atoms with van der Waals surface area (Å²) in [7, 11) is 1.89. The smallest absolute Gasteiger partial charge is 0.189 e. The monoisotopic (exact) mass is 245 g/mol. The maximum Gasteiger partial charge on any atom is 0.189 e. The summed E-state index contributed by atoms with van der Waals surface area (Å²) in [6, 6.07) is 10.3. The first-order valence-electron chi connectivity index (χ1n) is 5.45. The van der Waals surface area contributed by atoms with Gasteiger partial charge in [-0.15, -0.1) is 0 Å². The molecule has 2 rings (SSSR count). The van der Waals surface area contributed by atoms with E-state index in [-0.39, 0.29) is 0 Å². The van der Waals surface area contributed by atoms with Crippen LogP contribution in [0.2, 0.25) is 0 Å². The van der Waals surface area contributed by atoms with Crippen LogP contribution in [0.25, 0.3) is 0 Å². The van der Waals surface area contributed by atoms with Crippen LogP contribution in [0.1, 0.15) is 11.1 Å². The third-order valence-electron chi connectivity index (χ3n) is 2.50. The third kappa shape index (κ3) is 2.97. The molecule has 0 aliphatic heterocycles. The molecule has 0 radical (unpaired) electrons. The highest BCUT2D eigenvalue weighted by molar-refractivity contribution is 7.98. The first kappa shape index (κ1) is 11.9. The second-order valence-corrected chi connectivity index (χ2v) is 4.42. The molecule has 0 atom stereocenters. The van der Waals surface area contributed by atoms with Gasteiger partial charge in [-0.1, -0.05) is 42.1 Å². The minimum Gasteiger partial charge on any atom is -0.373 e. The molecule has 17 heavy (non-hydrogen) atoms. The van der Waals surface area contributed by atoms with Crippen LogP contribution in [0.5, 0.6) is 0 Å². The molecule has 2 aromatic rings. The van der Waals surface area contributed by atoms with E-state index in [1.54, 1.807) is 11.8 Å². The molecule has 1 heterocycles. The largest absolute Gasteiger partial charge is 0.373 e. The van der Waals surface area contributed by atoms with E-state index in [1.807, 2.05) is 37.7 Å². The fourth-order valence-electron chi connectivity index (χ4n) is 1.65. The highest BCUT2D eigenvalue weighted by Crippen LogP contribution is 2.19. The van der Waals surface area contributed by atoms with E-state index >= 15 is 0 Å². The summed E-state index contributed by atoms with van der Waals surface area (Å²) in [5.41, 5.74) is 2.39. The molecule has 0 spiro atoms. The summed E-state index contributed by atoms with van der Waals surface area (Å²) in [4.78, 5) is 8.76. The number of hydrogen-bond acceptors (Lipinski definition) is 4. The summed E-state index contributed by atoms with van der Waals surface area (Å²) in [6.45, 7) is 0. The van der Waals surface area contributed by atoms with Crippen molar-refractivity contribution in [3.63, 3.8) is 0 Å². The van der Waals surface area contributed by atoms with E-state index in [0.29, 0.717) is 0 Å². The molecule has 0 fully saturated rings. The predicted octanol–water partition coefficient (Wildman–Crippen LogP) is 2.83. The van der Waals surface area contributed by atoms with Gasteiger partial charge in [0.05, 0.1) is 0 Å². The Kier molecular flexibility index (Phi) is 3.98. The van der Waals surface area contributed by atoms with Crippen molar-refractivity contribution in [2.45, 2.75) is 11.6 Å². The normalized spacial score (nSPS) is 10.2. The van der Waals surface area contributed by atoms with Gasteiger partial charge in [0.25, 0.3) is 0 Å². The van der Waals surface area contributed by atoms with Gasteiger partial charge in [0.1, 0.15) is 5.82 Å². The molecule has 0 unspecified atom stereocenters. The number of thioether (sulfide) groups is 1. The van der Waals surface area contributed by atoms with E-state index in [0.717, 1.165) is 23.0 Å². The minimum atomic E-state index is 0.797. The highest BCUT2D eigenvalue weighted by Gasteiger charge is 2.06. The van der Waals surface area contributed by atoms with E-state index in [2.05, 4.69) is 27.4 Å². The van der Waals surface area contributed by atoms with Gasteiger partial charge < -0.3 is 5.32 Å². The molecule has 3 nitrogen and oxygen atoms in total. The van der Waals surface area contributed by atoms with Crippen LogP contribution in [0.3, 0.4) is 0 Å². The number of anilines is 1. The van der Waals surface area contributed by atoms with Gasteiger partial charge in [-0.25, -0.2) is 9.97 Å². The average Bonchev–Trinajstić information content (AvgIpc) is 2.40. The maximum absolute atomic E-state index is 4.45. The SMILES string of the molecule is CNc1nc(SC)ncc1Cc1ccccc1. The van der Waals surface area contributed by atoms with Crippen molar-refractivity contribution in [2.75, 3.05) is 18.6 Å². The number of benzene rings is 1. The second-order valence-electron chi connectivity index (χ2n) is 3.64. The molecule has 1 N–H and O–H groups in total. The molecule has 1 aromatic carbocycles. The Morgan fingerprint density at radius 3 is 2.65 bits per heavy atom. The molecular weight excluding hydrogens is 230 g/mol. The van der Waals surface area contributed by atoms with Crippen LogP contribution >= 0.6 is 11.8 Å². The molecule has 88 valence electrons. The molecule has 0 bridgehead atoms. The highest BCUT2D eigenvalue weighted by atomic mass is 32.2. The van der Waals surface area contributed by atoms with Crippen molar-refractivity contribution in [3.8, 4) is 0 Å². The first-order valence-corrected chi connectivity index (χ1v) is 6.67. The Labute approximate surface area is 106 Å². The van der Waals surface area contributed by atoms with Crippen molar-refractivity contribution in [3.05, 3.63) is 47.7 Å². The maximum atomic E-state index is 4.45. The quantitative estimate of drug-likeness (QED) is 0.664. The van der Waals surface area contributed by atoms with E-state index in [9.17, 15) is 0 Å². The number of rotatable bonds is 4. The van der Waals surface area contributed by atoms with Gasteiger partial charge in [-0.05, 0) is 11.8 Å². The van der Waals surface area contributed by atoms with E-state index in [4.69, 9.17) is 0 Å². The van der Waals surface area contributed by atoms with Crippen LogP contribution in [0, 0.1) is 0 Å². The molecule has 0 amide bonds. The number of aromatic nitrogens is 2. The lowest BCUT2D eigenvalue weighted by Crippen LogP contribution is -2.02. The standard InChI is InChI=1S/C13H15N3S/c1-14-12-11(9-15-13(16-12)17-2)8-10-6-4-3-5-7-10/h3-7,9H,8H2,1-2H3,(H,14,15,16). The Balaban J connectivity index is 2.26. The zero-order valence-corrected chi connectivity index (χ0v) is 10.8. The number of nitrogens with one attached hydrogen (secondary N) is 1. The zero-order valence-electron chi connectivity index (χ0n) is 9.97. The second kappa shape index (κ2) is 5.68. The topological polar surface area (TPSA) is 37.8 Å². The van der Waals surface area contributed by atoms with Crippen LogP contribution in [-0.4, -0.2) is 23.3 Å². The van der Waals surface area contributed by atoms with Crippen molar-refractivity contribution < 1.29 is 0 Å². The van der Waals surface area contributed by atoms with Gasteiger partial charge in [0.2, 0.25) is 0 Å². The Hall–Kier alpha value is -1.55. The lowest BCUT2D eigenvalue weighted by Gasteiger charge is -2.08. The Morgan fingerprint density at radius 1 is 1.24 bits per heavy atom. The van der Waals surface area contributed by atoms with Gasteiger partial charge >= 0.3 is 0 Å². The van der Waals surface area contributed by atoms with Gasteiger partial charge in [0, 0.05) is 25.2 Å². The van der Waals surface area contributed by atoms with Gasteiger partial charge in [-0.3, -0.25) is 0 Å². The van der Waals surface area contributed by atoms with Crippen molar-refractivity contribution in [1.82, 2.24) is 9.97 Å². The zero-order chi connectivity index (χ0) is 12.1. The number of nitrogens with zero attached hydrogens (tertiary/aromatic N) is 2. The van der Waals surface area contributed by atoms with Crippen LogP contribution in [-0.2, 0) is 6.42 Å². The summed E-state index contributed by atoms with van der Waals surface area (Å²) in [5.74, 6) is 0.910. The van der Waals surface area contributed by atoms with E-state index < -0.39 is 0 Å². The summed E-state index contributed by atoms with van der Waals surface area (Å²) in [5, 5.41) is 3.92. The third-order valence-corrected chi connectivity index (χ3v) is 3.06. The summed E-state index contributed by atoms with van der Waals surface area (Å²) in [6.07, 6.45) is 4.73. The lowest BCUT2D eigenvalue weighted by molar-refractivity contribution is 0.939. The number of hydrogen-bond donors (Lipinski definition) is 1. The van der Waals surface area contributed by atoms with Crippen LogP contribution < -0.4 is 5.32 Å². The molecule has 1 aromatic heterocycles. The van der Waals surface area contributed by atoms with Gasteiger partial charge in [-0.2, -0.15) is 0 Å². The Morgan fingerprint density at radius 2 is 2.00 bits per heavy atom. The summed E-state index contributed by atoms with van der Waals surface area (Å²) >= 11 is 1.55. The average molecular weight is 245 g/mol. The fraction of sp³-hybridized carbons (Fsp3) is 0.231. The Bertz CT molecular complexity index is 485. The minimum absolute atomic E-state index is 0.797. The van der Waals surface area contributed by atoms with Crippen LogP contribution in [0.4, 0.5) is 5.82 Å². The van der Waals surface area contributed by atoms with Crippen LogP contribution in [0.15, 0.2) is 41.7 Å². The molecular formula is C13H15N3S. The molecule has 0 aliphatic rings. The molecule has 0 aliphatic carbocycles. The van der Waals surface area contributed by atoms with Crippen molar-refractivity contribution in [1.29, 1.82) is 0 Å². The fourth-order valence-corrected chi connectivity index (χ4v) is 1.99.